The Hall–Kier alpha value is -1.55. The molecule has 104 valence electrons. The van der Waals surface area contributed by atoms with Gasteiger partial charge < -0.3 is 9.84 Å². The maximum atomic E-state index is 11.0. The number of hydrogen-bond acceptors (Lipinski definition) is 3. The molecule has 0 radical (unpaired) electrons. The quantitative estimate of drug-likeness (QED) is 0.819. The van der Waals surface area contributed by atoms with E-state index < -0.39 is 5.97 Å². The van der Waals surface area contributed by atoms with Crippen LogP contribution in [-0.4, -0.2) is 41.7 Å². The molecule has 4 heteroatoms. The third kappa shape index (κ3) is 3.70. The second-order valence-corrected chi connectivity index (χ2v) is 5.16. The van der Waals surface area contributed by atoms with Crippen LogP contribution in [0, 0.1) is 0 Å². The van der Waals surface area contributed by atoms with Crippen molar-refractivity contribution in [3.63, 3.8) is 0 Å². The van der Waals surface area contributed by atoms with E-state index in [-0.39, 0.29) is 12.6 Å². The van der Waals surface area contributed by atoms with Gasteiger partial charge in [0.2, 0.25) is 0 Å². The average molecular weight is 263 g/mol. The molecule has 2 rings (SSSR count). The highest BCUT2D eigenvalue weighted by molar-refractivity contribution is 5.69. The minimum absolute atomic E-state index is 0.126. The summed E-state index contributed by atoms with van der Waals surface area (Å²) in [6, 6.07) is 8.58. The Balaban J connectivity index is 2.05. The fraction of sp³-hybridized carbons (Fsp3) is 0.533. The van der Waals surface area contributed by atoms with Crippen LogP contribution in [0.2, 0.25) is 0 Å². The van der Waals surface area contributed by atoms with E-state index in [4.69, 9.17) is 9.84 Å². The van der Waals surface area contributed by atoms with Crippen molar-refractivity contribution in [1.29, 1.82) is 0 Å². The second-order valence-electron chi connectivity index (χ2n) is 5.16. The van der Waals surface area contributed by atoms with Gasteiger partial charge in [-0.2, -0.15) is 0 Å². The highest BCUT2D eigenvalue weighted by Crippen LogP contribution is 2.30. The zero-order valence-electron chi connectivity index (χ0n) is 11.5. The third-order valence-corrected chi connectivity index (χ3v) is 3.61. The topological polar surface area (TPSA) is 49.8 Å². The van der Waals surface area contributed by atoms with Crippen LogP contribution in [0.3, 0.4) is 0 Å². The van der Waals surface area contributed by atoms with Gasteiger partial charge in [0.25, 0.3) is 0 Å². The largest absolute Gasteiger partial charge is 0.496 e. The van der Waals surface area contributed by atoms with Gasteiger partial charge in [-0.15, -0.1) is 0 Å². The Morgan fingerprint density at radius 1 is 1.47 bits per heavy atom. The van der Waals surface area contributed by atoms with Crippen LogP contribution in [0.15, 0.2) is 24.3 Å². The SMILES string of the molecule is COc1ccccc1CC(C)N(CC(=O)O)C1CC1. The summed E-state index contributed by atoms with van der Waals surface area (Å²) in [5, 5.41) is 9.01. The Bertz CT molecular complexity index is 443. The Kier molecular flexibility index (Phi) is 4.43. The van der Waals surface area contributed by atoms with E-state index in [1.807, 2.05) is 24.3 Å². The van der Waals surface area contributed by atoms with E-state index in [1.165, 1.54) is 0 Å². The van der Waals surface area contributed by atoms with Crippen LogP contribution in [0.1, 0.15) is 25.3 Å². The van der Waals surface area contributed by atoms with Crippen LogP contribution in [0.5, 0.6) is 5.75 Å². The number of aliphatic carboxylic acids is 1. The van der Waals surface area contributed by atoms with Crippen LogP contribution >= 0.6 is 0 Å². The molecule has 0 bridgehead atoms. The molecule has 1 saturated carbocycles. The molecule has 1 aromatic carbocycles. The summed E-state index contributed by atoms with van der Waals surface area (Å²) in [5.41, 5.74) is 1.13. The van der Waals surface area contributed by atoms with Gasteiger partial charge in [0, 0.05) is 12.1 Å². The van der Waals surface area contributed by atoms with Gasteiger partial charge in [0.15, 0.2) is 0 Å². The number of nitrogens with zero attached hydrogens (tertiary/aromatic N) is 1. The lowest BCUT2D eigenvalue weighted by Gasteiger charge is -2.28. The molecule has 1 atom stereocenters. The van der Waals surface area contributed by atoms with Gasteiger partial charge >= 0.3 is 5.97 Å². The van der Waals surface area contributed by atoms with Crippen LogP contribution < -0.4 is 4.74 Å². The summed E-state index contributed by atoms with van der Waals surface area (Å²) >= 11 is 0. The first-order chi connectivity index (χ1) is 9.11. The van der Waals surface area contributed by atoms with Crippen LogP contribution in [0.4, 0.5) is 0 Å². The van der Waals surface area contributed by atoms with Crippen molar-refractivity contribution in [2.75, 3.05) is 13.7 Å². The fourth-order valence-electron chi connectivity index (χ4n) is 2.51. The molecule has 1 aromatic rings. The monoisotopic (exact) mass is 263 g/mol. The molecule has 0 amide bonds. The molecule has 1 aliphatic rings. The molecular weight excluding hydrogens is 242 g/mol. The van der Waals surface area contributed by atoms with E-state index in [9.17, 15) is 4.79 Å². The second kappa shape index (κ2) is 6.06. The highest BCUT2D eigenvalue weighted by atomic mass is 16.5. The summed E-state index contributed by atoms with van der Waals surface area (Å²) in [5.74, 6) is 0.124. The minimum atomic E-state index is -0.751. The number of ether oxygens (including phenoxy) is 1. The summed E-state index contributed by atoms with van der Waals surface area (Å²) in [4.78, 5) is 13.0. The predicted octanol–water partition coefficient (Wildman–Crippen LogP) is 2.18. The summed E-state index contributed by atoms with van der Waals surface area (Å²) in [6.07, 6.45) is 3.04. The fourth-order valence-corrected chi connectivity index (χ4v) is 2.51. The zero-order chi connectivity index (χ0) is 13.8. The maximum absolute atomic E-state index is 11.0. The number of methoxy groups -OCH3 is 1. The molecule has 0 saturated heterocycles. The molecule has 1 fully saturated rings. The van der Waals surface area contributed by atoms with Gasteiger partial charge in [0.05, 0.1) is 13.7 Å². The van der Waals surface area contributed by atoms with Crippen molar-refractivity contribution in [3.8, 4) is 5.75 Å². The smallest absolute Gasteiger partial charge is 0.317 e. The molecular formula is C15H21NO3. The molecule has 1 unspecified atom stereocenters. The standard InChI is InChI=1S/C15H21NO3/c1-11(16(10-15(17)18)13-7-8-13)9-12-5-3-4-6-14(12)19-2/h3-6,11,13H,7-10H2,1-2H3,(H,17,18). The first kappa shape index (κ1) is 13.9. The molecule has 0 aliphatic heterocycles. The number of rotatable bonds is 7. The lowest BCUT2D eigenvalue weighted by Crippen LogP contribution is -2.40. The summed E-state index contributed by atoms with van der Waals surface area (Å²) in [7, 11) is 1.67. The van der Waals surface area contributed by atoms with Crippen molar-refractivity contribution in [1.82, 2.24) is 4.90 Å². The van der Waals surface area contributed by atoms with Crippen molar-refractivity contribution in [2.24, 2.45) is 0 Å². The van der Waals surface area contributed by atoms with E-state index in [0.29, 0.717) is 6.04 Å². The Morgan fingerprint density at radius 3 is 2.74 bits per heavy atom. The van der Waals surface area contributed by atoms with Crippen molar-refractivity contribution >= 4 is 5.97 Å². The van der Waals surface area contributed by atoms with Gasteiger partial charge in [-0.3, -0.25) is 9.69 Å². The molecule has 1 aliphatic carbocycles. The lowest BCUT2D eigenvalue weighted by atomic mass is 10.0. The first-order valence-electron chi connectivity index (χ1n) is 6.71. The number of carbonyl (C=O) groups is 1. The van der Waals surface area contributed by atoms with Crippen LogP contribution in [0.25, 0.3) is 0 Å². The normalized spacial score (nSPS) is 16.4. The molecule has 0 aromatic heterocycles. The minimum Gasteiger partial charge on any atom is -0.496 e. The van der Waals surface area contributed by atoms with Gasteiger partial charge in [-0.25, -0.2) is 0 Å². The number of hydrogen-bond donors (Lipinski definition) is 1. The van der Waals surface area contributed by atoms with Crippen molar-refractivity contribution < 1.29 is 14.6 Å². The number of carboxylic acid groups (broad SMARTS) is 1. The maximum Gasteiger partial charge on any atom is 0.317 e. The predicted molar refractivity (Wildman–Crippen MR) is 73.5 cm³/mol. The molecule has 0 heterocycles. The van der Waals surface area contributed by atoms with E-state index in [1.54, 1.807) is 7.11 Å². The Labute approximate surface area is 114 Å². The zero-order valence-corrected chi connectivity index (χ0v) is 11.5. The molecule has 0 spiro atoms. The van der Waals surface area contributed by atoms with E-state index >= 15 is 0 Å². The highest BCUT2D eigenvalue weighted by Gasteiger charge is 2.33. The van der Waals surface area contributed by atoms with Gasteiger partial charge in [0.1, 0.15) is 5.75 Å². The van der Waals surface area contributed by atoms with Crippen LogP contribution in [-0.2, 0) is 11.2 Å². The number of carboxylic acids is 1. The summed E-state index contributed by atoms with van der Waals surface area (Å²) < 4.78 is 5.35. The Morgan fingerprint density at radius 2 is 2.16 bits per heavy atom. The van der Waals surface area contributed by atoms with E-state index in [0.717, 1.165) is 30.6 Å². The molecule has 1 N–H and O–H groups in total. The summed E-state index contributed by atoms with van der Waals surface area (Å²) in [6.45, 7) is 2.22. The van der Waals surface area contributed by atoms with Crippen molar-refractivity contribution in [2.45, 2.75) is 38.3 Å². The number of para-hydroxylation sites is 1. The number of benzene rings is 1. The first-order valence-corrected chi connectivity index (χ1v) is 6.71. The third-order valence-electron chi connectivity index (χ3n) is 3.61. The lowest BCUT2D eigenvalue weighted by molar-refractivity contribution is -0.139. The molecule has 4 nitrogen and oxygen atoms in total. The van der Waals surface area contributed by atoms with E-state index in [2.05, 4.69) is 11.8 Å². The average Bonchev–Trinajstić information content (AvgIpc) is 3.20. The molecule has 19 heavy (non-hydrogen) atoms. The van der Waals surface area contributed by atoms with Gasteiger partial charge in [-0.05, 0) is 37.8 Å². The van der Waals surface area contributed by atoms with Gasteiger partial charge in [-0.1, -0.05) is 18.2 Å². The van der Waals surface area contributed by atoms with Crippen molar-refractivity contribution in [3.05, 3.63) is 29.8 Å².